The first-order valence-corrected chi connectivity index (χ1v) is 10.1. The summed E-state index contributed by atoms with van der Waals surface area (Å²) in [5.74, 6) is 1.54. The second-order valence-electron chi connectivity index (χ2n) is 6.88. The maximum atomic E-state index is 5.75. The van der Waals surface area contributed by atoms with E-state index in [2.05, 4.69) is 17.4 Å². The molecule has 3 aromatic rings. The molecule has 0 saturated carbocycles. The van der Waals surface area contributed by atoms with Crippen molar-refractivity contribution < 1.29 is 9.47 Å². The van der Waals surface area contributed by atoms with Crippen molar-refractivity contribution in [2.45, 2.75) is 12.5 Å². The lowest BCUT2D eigenvalue weighted by Gasteiger charge is -2.26. The van der Waals surface area contributed by atoms with Crippen LogP contribution in [0, 0.1) is 0 Å². The van der Waals surface area contributed by atoms with E-state index in [0.717, 1.165) is 34.0 Å². The van der Waals surface area contributed by atoms with Crippen molar-refractivity contribution in [3.63, 3.8) is 0 Å². The van der Waals surface area contributed by atoms with Gasteiger partial charge in [-0.1, -0.05) is 48.5 Å². The molecular weight excluding hydrogens is 394 g/mol. The predicted molar refractivity (Wildman–Crippen MR) is 124 cm³/mol. The van der Waals surface area contributed by atoms with E-state index in [1.807, 2.05) is 71.7 Å². The van der Waals surface area contributed by atoms with Gasteiger partial charge in [-0.15, -0.1) is 0 Å². The number of rotatable bonds is 5. The van der Waals surface area contributed by atoms with Crippen LogP contribution in [0.5, 0.6) is 11.5 Å². The Bertz CT molecular complexity index is 1050. The highest BCUT2D eigenvalue weighted by molar-refractivity contribution is 7.80. The molecule has 6 heteroatoms. The SMILES string of the molecule is COc1ccc(OC)c([C@H]2CC(c3ccccc3)=NN2C(=S)Nc2ccccc2)c1. The first-order valence-electron chi connectivity index (χ1n) is 9.69. The van der Waals surface area contributed by atoms with Gasteiger partial charge in [-0.2, -0.15) is 5.10 Å². The summed E-state index contributed by atoms with van der Waals surface area (Å²) in [6, 6.07) is 25.7. The van der Waals surface area contributed by atoms with Crippen LogP contribution in [0.25, 0.3) is 0 Å². The van der Waals surface area contributed by atoms with Crippen LogP contribution < -0.4 is 14.8 Å². The molecule has 5 nitrogen and oxygen atoms in total. The number of ether oxygens (including phenoxy) is 2. The molecule has 152 valence electrons. The summed E-state index contributed by atoms with van der Waals surface area (Å²) in [6.07, 6.45) is 0.699. The number of hydrazone groups is 1. The number of anilines is 1. The van der Waals surface area contributed by atoms with Crippen molar-refractivity contribution in [1.29, 1.82) is 0 Å². The molecule has 0 saturated heterocycles. The largest absolute Gasteiger partial charge is 0.497 e. The summed E-state index contributed by atoms with van der Waals surface area (Å²) in [4.78, 5) is 0. The maximum Gasteiger partial charge on any atom is 0.194 e. The van der Waals surface area contributed by atoms with E-state index in [4.69, 9.17) is 26.8 Å². The molecule has 1 aliphatic heterocycles. The number of methoxy groups -OCH3 is 2. The molecule has 30 heavy (non-hydrogen) atoms. The maximum absolute atomic E-state index is 5.75. The van der Waals surface area contributed by atoms with Crippen molar-refractivity contribution in [2.75, 3.05) is 19.5 Å². The van der Waals surface area contributed by atoms with Gasteiger partial charge >= 0.3 is 0 Å². The van der Waals surface area contributed by atoms with Crippen LogP contribution in [-0.4, -0.2) is 30.1 Å². The third-order valence-electron chi connectivity index (χ3n) is 5.05. The normalized spacial score (nSPS) is 15.5. The minimum atomic E-state index is -0.117. The van der Waals surface area contributed by atoms with Gasteiger partial charge in [0.05, 0.1) is 26.0 Å². The summed E-state index contributed by atoms with van der Waals surface area (Å²) in [7, 11) is 3.33. The number of thiocarbonyl (C=S) groups is 1. The fourth-order valence-corrected chi connectivity index (χ4v) is 3.83. The average Bonchev–Trinajstić information content (AvgIpc) is 3.25. The van der Waals surface area contributed by atoms with E-state index in [1.54, 1.807) is 14.2 Å². The van der Waals surface area contributed by atoms with Crippen LogP contribution in [0.4, 0.5) is 5.69 Å². The van der Waals surface area contributed by atoms with Gasteiger partial charge in [0, 0.05) is 17.7 Å². The Balaban J connectivity index is 1.72. The van der Waals surface area contributed by atoms with Gasteiger partial charge in [0.2, 0.25) is 0 Å². The number of hydrogen-bond donors (Lipinski definition) is 1. The Morgan fingerprint density at radius 3 is 2.33 bits per heavy atom. The number of nitrogens with zero attached hydrogens (tertiary/aromatic N) is 2. The Labute approximate surface area is 181 Å². The summed E-state index contributed by atoms with van der Waals surface area (Å²) in [6.45, 7) is 0. The summed E-state index contributed by atoms with van der Waals surface area (Å²) >= 11 is 5.75. The fourth-order valence-electron chi connectivity index (χ4n) is 3.55. The van der Waals surface area contributed by atoms with Crippen LogP contribution >= 0.6 is 12.2 Å². The fraction of sp³-hybridized carbons (Fsp3) is 0.167. The van der Waals surface area contributed by atoms with Gasteiger partial charge in [-0.3, -0.25) is 0 Å². The molecule has 0 radical (unpaired) electrons. The zero-order chi connectivity index (χ0) is 20.9. The lowest BCUT2D eigenvalue weighted by Crippen LogP contribution is -2.31. The molecule has 0 aliphatic carbocycles. The van der Waals surface area contributed by atoms with Crippen molar-refractivity contribution >= 4 is 28.7 Å². The molecule has 0 fully saturated rings. The number of benzene rings is 3. The van der Waals surface area contributed by atoms with Gasteiger partial charge < -0.3 is 14.8 Å². The van der Waals surface area contributed by atoms with E-state index in [1.165, 1.54) is 0 Å². The first-order chi connectivity index (χ1) is 14.7. The number of para-hydroxylation sites is 1. The second kappa shape index (κ2) is 8.97. The van der Waals surface area contributed by atoms with E-state index < -0.39 is 0 Å². The predicted octanol–water partition coefficient (Wildman–Crippen LogP) is 5.25. The van der Waals surface area contributed by atoms with Gasteiger partial charge in [0.1, 0.15) is 11.5 Å². The van der Waals surface area contributed by atoms with E-state index in [-0.39, 0.29) is 6.04 Å². The molecule has 1 atom stereocenters. The molecule has 0 spiro atoms. The third kappa shape index (κ3) is 4.14. The van der Waals surface area contributed by atoms with Crippen LogP contribution in [0.3, 0.4) is 0 Å². The minimum absolute atomic E-state index is 0.117. The number of hydrogen-bond acceptors (Lipinski definition) is 4. The first kappa shape index (κ1) is 19.9. The molecule has 1 heterocycles. The van der Waals surface area contributed by atoms with Crippen molar-refractivity contribution in [1.82, 2.24) is 5.01 Å². The summed E-state index contributed by atoms with van der Waals surface area (Å²) < 4.78 is 11.1. The molecule has 0 bridgehead atoms. The van der Waals surface area contributed by atoms with Gasteiger partial charge in [-0.25, -0.2) is 5.01 Å². The lowest BCUT2D eigenvalue weighted by molar-refractivity contribution is 0.346. The average molecular weight is 418 g/mol. The van der Waals surface area contributed by atoms with Crippen molar-refractivity contribution in [2.24, 2.45) is 5.10 Å². The van der Waals surface area contributed by atoms with E-state index >= 15 is 0 Å². The van der Waals surface area contributed by atoms with Gasteiger partial charge in [0.25, 0.3) is 0 Å². The van der Waals surface area contributed by atoms with Gasteiger partial charge in [0.15, 0.2) is 5.11 Å². The zero-order valence-corrected chi connectivity index (χ0v) is 17.7. The minimum Gasteiger partial charge on any atom is -0.497 e. The Morgan fingerprint density at radius 1 is 0.967 bits per heavy atom. The molecule has 0 unspecified atom stereocenters. The zero-order valence-electron chi connectivity index (χ0n) is 16.9. The van der Waals surface area contributed by atoms with Gasteiger partial charge in [-0.05, 0) is 48.1 Å². The lowest BCUT2D eigenvalue weighted by atomic mass is 9.97. The van der Waals surface area contributed by atoms with Crippen LogP contribution in [-0.2, 0) is 0 Å². The Hall–Kier alpha value is -3.38. The highest BCUT2D eigenvalue weighted by atomic mass is 32.1. The van der Waals surface area contributed by atoms with E-state index in [9.17, 15) is 0 Å². The second-order valence-corrected chi connectivity index (χ2v) is 7.27. The Morgan fingerprint density at radius 2 is 1.67 bits per heavy atom. The quantitative estimate of drug-likeness (QED) is 0.575. The standard InChI is InChI=1S/C24H23N3O2S/c1-28-19-13-14-23(29-2)20(15-19)22-16-21(17-9-5-3-6-10-17)26-27(22)24(30)25-18-11-7-4-8-12-18/h3-15,22H,16H2,1-2H3,(H,25,30)/t22-/m1/s1. The molecule has 1 aliphatic rings. The third-order valence-corrected chi connectivity index (χ3v) is 5.34. The molecule has 3 aromatic carbocycles. The molecule has 0 aromatic heterocycles. The van der Waals surface area contributed by atoms with Crippen molar-refractivity contribution in [3.8, 4) is 11.5 Å². The highest BCUT2D eigenvalue weighted by Crippen LogP contribution is 2.39. The van der Waals surface area contributed by atoms with E-state index in [0.29, 0.717) is 11.5 Å². The molecule has 0 amide bonds. The molecule has 4 rings (SSSR count). The smallest absolute Gasteiger partial charge is 0.194 e. The topological polar surface area (TPSA) is 46.1 Å². The monoisotopic (exact) mass is 417 g/mol. The summed E-state index contributed by atoms with van der Waals surface area (Å²) in [5.41, 5.74) is 3.95. The van der Waals surface area contributed by atoms with Crippen molar-refractivity contribution in [3.05, 3.63) is 90.0 Å². The van der Waals surface area contributed by atoms with Crippen LogP contribution in [0.1, 0.15) is 23.6 Å². The van der Waals surface area contributed by atoms with Crippen LogP contribution in [0.2, 0.25) is 0 Å². The summed E-state index contributed by atoms with van der Waals surface area (Å²) in [5, 5.41) is 10.6. The molecule has 1 N–H and O–H groups in total. The number of nitrogens with one attached hydrogen (secondary N) is 1. The Kier molecular flexibility index (Phi) is 5.95. The van der Waals surface area contributed by atoms with Crippen LogP contribution in [0.15, 0.2) is 84.0 Å². The highest BCUT2D eigenvalue weighted by Gasteiger charge is 2.33. The molecular formula is C24H23N3O2S.